The molecule has 1 aliphatic rings. The number of nitrogens with two attached hydrogens (primary N) is 1. The predicted octanol–water partition coefficient (Wildman–Crippen LogP) is 7.44. The van der Waals surface area contributed by atoms with E-state index in [9.17, 15) is 4.79 Å². The van der Waals surface area contributed by atoms with Crippen LogP contribution in [0.5, 0.6) is 0 Å². The van der Waals surface area contributed by atoms with E-state index >= 15 is 0 Å². The maximum Gasteiger partial charge on any atom is 0.410 e. The fraction of sp³-hybridized carbons (Fsp3) is 0.286. The van der Waals surface area contributed by atoms with Gasteiger partial charge in [-0.05, 0) is 53.5 Å². The number of carbonyl (C=O) groups is 1. The summed E-state index contributed by atoms with van der Waals surface area (Å²) in [5.41, 5.74) is 13.2. The molecule has 3 heterocycles. The monoisotopic (exact) mass is 574 g/mol. The summed E-state index contributed by atoms with van der Waals surface area (Å²) >= 11 is 0. The minimum Gasteiger partial charge on any atom is -0.445 e. The van der Waals surface area contributed by atoms with Crippen LogP contribution in [0, 0.1) is 5.92 Å². The number of benzene rings is 3. The molecule has 220 valence electrons. The van der Waals surface area contributed by atoms with E-state index in [2.05, 4.69) is 82.3 Å². The molecule has 3 aromatic carbocycles. The molecular formula is C35H38N6O2. The molecule has 6 rings (SSSR count). The van der Waals surface area contributed by atoms with Gasteiger partial charge in [-0.15, -0.1) is 0 Å². The normalized spacial score (nSPS) is 16.4. The van der Waals surface area contributed by atoms with Gasteiger partial charge in [-0.3, -0.25) is 4.90 Å². The van der Waals surface area contributed by atoms with Gasteiger partial charge in [-0.2, -0.15) is 0 Å². The van der Waals surface area contributed by atoms with Crippen molar-refractivity contribution in [3.63, 3.8) is 0 Å². The number of nitrogens with zero attached hydrogens (tertiary/aromatic N) is 3. The van der Waals surface area contributed by atoms with Crippen molar-refractivity contribution in [3.8, 4) is 33.6 Å². The van der Waals surface area contributed by atoms with Crippen LogP contribution in [0.4, 0.5) is 4.79 Å². The van der Waals surface area contributed by atoms with E-state index < -0.39 is 5.54 Å². The standard InChI is InChI=1S/C35H38N6O2/c1-23(2)35(3,36)33-38-21-30(40-33)28-17-13-26(14-18-28)25-11-15-27(16-12-25)29-20-37-32(39-29)31-10-7-19-41(31)34(42)43-22-24-8-5-4-6-9-24/h4-6,8-9,11-18,20-21,23,31H,7,10,19,22,36H2,1-3H3,(H,37,39)(H,38,40)/t31-,35+/m0/s1. The minimum absolute atomic E-state index is 0.121. The first-order chi connectivity index (χ1) is 20.8. The number of carbonyl (C=O) groups excluding carboxylic acids is 1. The van der Waals surface area contributed by atoms with E-state index in [0.29, 0.717) is 6.54 Å². The van der Waals surface area contributed by atoms with E-state index in [1.54, 1.807) is 4.90 Å². The molecule has 1 amide bonds. The van der Waals surface area contributed by atoms with Crippen LogP contribution < -0.4 is 5.73 Å². The molecule has 0 radical (unpaired) electrons. The van der Waals surface area contributed by atoms with Crippen molar-refractivity contribution in [1.29, 1.82) is 0 Å². The van der Waals surface area contributed by atoms with Crippen molar-refractivity contribution in [1.82, 2.24) is 24.8 Å². The first-order valence-corrected chi connectivity index (χ1v) is 14.9. The molecule has 0 aliphatic carbocycles. The van der Waals surface area contributed by atoms with Gasteiger partial charge in [0.15, 0.2) is 0 Å². The van der Waals surface area contributed by atoms with Crippen LogP contribution in [-0.2, 0) is 16.9 Å². The van der Waals surface area contributed by atoms with Crippen molar-refractivity contribution >= 4 is 6.09 Å². The van der Waals surface area contributed by atoms with E-state index in [0.717, 1.165) is 63.7 Å². The highest BCUT2D eigenvalue weighted by Gasteiger charge is 2.33. The van der Waals surface area contributed by atoms with Gasteiger partial charge in [0.25, 0.3) is 0 Å². The molecule has 5 aromatic rings. The molecule has 1 aliphatic heterocycles. The zero-order valence-electron chi connectivity index (χ0n) is 24.9. The number of imidazole rings is 2. The van der Waals surface area contributed by atoms with Crippen LogP contribution in [0.25, 0.3) is 33.6 Å². The molecule has 1 saturated heterocycles. The Bertz CT molecular complexity index is 1670. The van der Waals surface area contributed by atoms with Crippen molar-refractivity contribution in [2.75, 3.05) is 6.54 Å². The van der Waals surface area contributed by atoms with Gasteiger partial charge in [-0.25, -0.2) is 14.8 Å². The summed E-state index contributed by atoms with van der Waals surface area (Å²) in [5.74, 6) is 1.84. The lowest BCUT2D eigenvalue weighted by atomic mass is 9.89. The summed E-state index contributed by atoms with van der Waals surface area (Å²) in [6.07, 6.45) is 5.16. The summed E-state index contributed by atoms with van der Waals surface area (Å²) in [4.78, 5) is 30.7. The van der Waals surface area contributed by atoms with Crippen molar-refractivity contribution in [3.05, 3.63) is 108 Å². The molecule has 43 heavy (non-hydrogen) atoms. The summed E-state index contributed by atoms with van der Waals surface area (Å²) in [7, 11) is 0. The van der Waals surface area contributed by atoms with Gasteiger partial charge in [-0.1, -0.05) is 92.7 Å². The number of aromatic nitrogens is 4. The van der Waals surface area contributed by atoms with Crippen LogP contribution in [0.1, 0.15) is 56.9 Å². The second-order valence-electron chi connectivity index (χ2n) is 11.8. The van der Waals surface area contributed by atoms with Crippen molar-refractivity contribution < 1.29 is 9.53 Å². The van der Waals surface area contributed by atoms with Crippen LogP contribution >= 0.6 is 0 Å². The molecule has 0 bridgehead atoms. The first kappa shape index (κ1) is 28.4. The first-order valence-electron chi connectivity index (χ1n) is 14.9. The lowest BCUT2D eigenvalue weighted by Gasteiger charge is -2.26. The number of likely N-dealkylation sites (tertiary alicyclic amines) is 1. The molecule has 8 heteroatoms. The molecule has 2 aromatic heterocycles. The van der Waals surface area contributed by atoms with Gasteiger partial charge in [0.2, 0.25) is 0 Å². The third-order valence-corrected chi connectivity index (χ3v) is 8.61. The molecule has 0 saturated carbocycles. The SMILES string of the molecule is CC(C)[C@@](C)(N)c1ncc(-c2ccc(-c3ccc(-c4cnc([C@@H]5CCCN5C(=O)OCc5ccccc5)[nH]4)cc3)cc2)[nH]1. The number of ether oxygens (including phenoxy) is 1. The van der Waals surface area contributed by atoms with Crippen LogP contribution in [0.2, 0.25) is 0 Å². The highest BCUT2D eigenvalue weighted by atomic mass is 16.6. The van der Waals surface area contributed by atoms with E-state index in [1.165, 1.54) is 0 Å². The van der Waals surface area contributed by atoms with E-state index in [1.807, 2.05) is 49.6 Å². The minimum atomic E-state index is -0.514. The molecule has 4 N–H and O–H groups in total. The lowest BCUT2D eigenvalue weighted by Crippen LogP contribution is -2.39. The third-order valence-electron chi connectivity index (χ3n) is 8.61. The topological polar surface area (TPSA) is 113 Å². The Morgan fingerprint density at radius 3 is 2.12 bits per heavy atom. The molecule has 2 atom stereocenters. The van der Waals surface area contributed by atoms with Crippen LogP contribution in [0.15, 0.2) is 91.3 Å². The Kier molecular flexibility index (Phi) is 7.86. The summed E-state index contributed by atoms with van der Waals surface area (Å²) in [6.45, 7) is 7.13. The fourth-order valence-corrected chi connectivity index (χ4v) is 5.42. The maximum atomic E-state index is 12.9. The molecule has 0 spiro atoms. The smallest absolute Gasteiger partial charge is 0.410 e. The number of hydrogen-bond acceptors (Lipinski definition) is 5. The average molecular weight is 575 g/mol. The second kappa shape index (κ2) is 11.9. The molecular weight excluding hydrogens is 536 g/mol. The maximum absolute atomic E-state index is 12.9. The zero-order valence-corrected chi connectivity index (χ0v) is 24.9. The third kappa shape index (κ3) is 5.96. The molecule has 8 nitrogen and oxygen atoms in total. The highest BCUT2D eigenvalue weighted by Crippen LogP contribution is 2.33. The van der Waals surface area contributed by atoms with Gasteiger partial charge >= 0.3 is 6.09 Å². The largest absolute Gasteiger partial charge is 0.445 e. The number of hydrogen-bond donors (Lipinski definition) is 3. The Morgan fingerprint density at radius 1 is 0.907 bits per heavy atom. The Labute approximate surface area is 252 Å². The fourth-order valence-electron chi connectivity index (χ4n) is 5.42. The molecule has 0 unspecified atom stereocenters. The van der Waals surface area contributed by atoms with Crippen LogP contribution in [-0.4, -0.2) is 37.5 Å². The van der Waals surface area contributed by atoms with Gasteiger partial charge in [0.05, 0.1) is 35.4 Å². The van der Waals surface area contributed by atoms with Gasteiger partial charge in [0.1, 0.15) is 18.3 Å². The molecule has 1 fully saturated rings. The van der Waals surface area contributed by atoms with Crippen LogP contribution in [0.3, 0.4) is 0 Å². The summed E-state index contributed by atoms with van der Waals surface area (Å²) in [6, 6.07) is 26.5. The van der Waals surface area contributed by atoms with E-state index in [-0.39, 0.29) is 24.7 Å². The van der Waals surface area contributed by atoms with Crippen molar-refractivity contribution in [2.45, 2.75) is 51.8 Å². The van der Waals surface area contributed by atoms with Gasteiger partial charge < -0.3 is 20.4 Å². The number of rotatable bonds is 8. The average Bonchev–Trinajstić information content (AvgIpc) is 3.82. The Balaban J connectivity index is 1.11. The summed E-state index contributed by atoms with van der Waals surface area (Å²) in [5, 5.41) is 0. The number of H-pyrrole nitrogens is 2. The Hall–Kier alpha value is -4.69. The quantitative estimate of drug-likeness (QED) is 0.178. The zero-order chi connectivity index (χ0) is 30.0. The van der Waals surface area contributed by atoms with Crippen molar-refractivity contribution in [2.24, 2.45) is 11.7 Å². The van der Waals surface area contributed by atoms with E-state index in [4.69, 9.17) is 10.5 Å². The number of nitrogens with one attached hydrogen (secondary N) is 2. The predicted molar refractivity (Wildman–Crippen MR) is 169 cm³/mol. The summed E-state index contributed by atoms with van der Waals surface area (Å²) < 4.78 is 5.60. The number of aromatic amines is 2. The van der Waals surface area contributed by atoms with Gasteiger partial charge in [0, 0.05) is 6.54 Å². The number of amides is 1. The lowest BCUT2D eigenvalue weighted by molar-refractivity contribution is 0.0910. The highest BCUT2D eigenvalue weighted by molar-refractivity contribution is 5.72. The Morgan fingerprint density at radius 2 is 1.49 bits per heavy atom. The second-order valence-corrected chi connectivity index (χ2v) is 11.8.